The van der Waals surface area contributed by atoms with Crippen LogP contribution < -0.4 is 4.18 Å². The lowest BCUT2D eigenvalue weighted by Gasteiger charge is -2.33. The summed E-state index contributed by atoms with van der Waals surface area (Å²) in [5, 5.41) is 0. The van der Waals surface area contributed by atoms with E-state index in [1.807, 2.05) is 6.92 Å². The molecule has 9 nitrogen and oxygen atoms in total. The van der Waals surface area contributed by atoms with Gasteiger partial charge in [0, 0.05) is 5.56 Å². The molecule has 5 rings (SSSR count). The van der Waals surface area contributed by atoms with E-state index in [2.05, 4.69) is 0 Å². The average molecular weight is 643 g/mol. The van der Waals surface area contributed by atoms with Crippen molar-refractivity contribution in [3.8, 4) is 5.75 Å². The Morgan fingerprint density at radius 3 is 1.80 bits per heavy atom. The minimum absolute atomic E-state index is 0.00304. The van der Waals surface area contributed by atoms with Gasteiger partial charge in [-0.15, -0.1) is 0 Å². The molecule has 1 fully saturated rings. The molecule has 1 heterocycles. The third kappa shape index (κ3) is 6.18. The van der Waals surface area contributed by atoms with Crippen LogP contribution >= 0.6 is 0 Å². The molecule has 1 aliphatic rings. The van der Waals surface area contributed by atoms with E-state index in [0.29, 0.717) is 11.1 Å². The van der Waals surface area contributed by atoms with Crippen LogP contribution in [0, 0.1) is 18.3 Å². The van der Waals surface area contributed by atoms with Gasteiger partial charge in [0.05, 0.1) is 25.2 Å². The fourth-order valence-corrected chi connectivity index (χ4v) is 6.68. The minimum Gasteiger partial charge on any atom is -0.465 e. The lowest BCUT2D eigenvalue weighted by Crippen LogP contribution is -2.51. The number of aryl methyl sites for hydroxylation is 1. The molecule has 0 unspecified atom stereocenters. The Labute approximate surface area is 268 Å². The van der Waals surface area contributed by atoms with Crippen molar-refractivity contribution in [2.24, 2.45) is 11.3 Å². The molecule has 0 radical (unpaired) electrons. The SMILES string of the molecule is CCOC(=O)C1(C(=O)OCC)[C@H](C(=O)c2ccccc2)[C@@H](c2ccccc2)O[C@H]1c1ccc(OS(=O)(=O)c2ccc(C)cc2)cc1. The van der Waals surface area contributed by atoms with Crippen LogP contribution in [0.15, 0.2) is 114 Å². The van der Waals surface area contributed by atoms with Crippen LogP contribution in [0.25, 0.3) is 0 Å². The van der Waals surface area contributed by atoms with Gasteiger partial charge < -0.3 is 18.4 Å². The number of hydrogen-bond acceptors (Lipinski definition) is 9. The van der Waals surface area contributed by atoms with E-state index in [0.717, 1.165) is 5.56 Å². The average Bonchev–Trinajstić information content (AvgIpc) is 3.43. The number of Topliss-reactive ketones (excluding diaryl/α,β-unsaturated/α-hetero) is 1. The predicted octanol–water partition coefficient (Wildman–Crippen LogP) is 6.19. The second-order valence-corrected chi connectivity index (χ2v) is 12.3. The summed E-state index contributed by atoms with van der Waals surface area (Å²) in [6, 6.07) is 29.2. The van der Waals surface area contributed by atoms with Crippen molar-refractivity contribution in [1.82, 2.24) is 0 Å². The van der Waals surface area contributed by atoms with Crippen molar-refractivity contribution in [3.63, 3.8) is 0 Å². The number of carbonyl (C=O) groups excluding carboxylic acids is 3. The highest BCUT2D eigenvalue weighted by Crippen LogP contribution is 2.59. The summed E-state index contributed by atoms with van der Waals surface area (Å²) in [7, 11) is -4.15. The zero-order valence-electron chi connectivity index (χ0n) is 25.6. The van der Waals surface area contributed by atoms with Gasteiger partial charge in [-0.05, 0) is 56.2 Å². The van der Waals surface area contributed by atoms with E-state index < -0.39 is 51.4 Å². The zero-order valence-corrected chi connectivity index (χ0v) is 26.4. The van der Waals surface area contributed by atoms with Crippen molar-refractivity contribution in [3.05, 3.63) is 131 Å². The molecule has 0 spiro atoms. The Hall–Kier alpha value is -4.80. The second-order valence-electron chi connectivity index (χ2n) is 10.8. The van der Waals surface area contributed by atoms with E-state index in [4.69, 9.17) is 18.4 Å². The first kappa shape index (κ1) is 32.6. The number of ketones is 1. The summed E-state index contributed by atoms with van der Waals surface area (Å²) in [4.78, 5) is 42.7. The number of rotatable bonds is 11. The van der Waals surface area contributed by atoms with Crippen LogP contribution in [0.2, 0.25) is 0 Å². The first-order chi connectivity index (χ1) is 22.1. The Morgan fingerprint density at radius 2 is 1.26 bits per heavy atom. The maximum absolute atomic E-state index is 14.4. The van der Waals surface area contributed by atoms with Crippen LogP contribution in [-0.2, 0) is 33.9 Å². The monoisotopic (exact) mass is 642 g/mol. The first-order valence-corrected chi connectivity index (χ1v) is 16.3. The molecule has 3 atom stereocenters. The van der Waals surface area contributed by atoms with Crippen LogP contribution in [0.5, 0.6) is 5.75 Å². The molecule has 0 saturated carbocycles. The molecule has 1 saturated heterocycles. The van der Waals surface area contributed by atoms with E-state index in [1.165, 1.54) is 36.4 Å². The largest absolute Gasteiger partial charge is 0.465 e. The molecule has 1 aliphatic heterocycles. The van der Waals surface area contributed by atoms with Crippen LogP contribution in [0.1, 0.15) is 53.1 Å². The standard InChI is InChI=1S/C36H34O9S/c1-4-42-34(38)36(35(39)43-5-2)30(31(37)25-12-8-6-9-13-25)32(26-14-10-7-11-15-26)44-33(36)27-18-20-28(21-19-27)45-46(40,41)29-22-16-24(3)17-23-29/h6-23,30,32-33H,4-5H2,1-3H3/t30-,32-,33+/m1/s1. The fraction of sp³-hybridized carbons (Fsp3) is 0.250. The lowest BCUT2D eigenvalue weighted by atomic mass is 9.66. The van der Waals surface area contributed by atoms with E-state index in [-0.39, 0.29) is 29.4 Å². The third-order valence-electron chi connectivity index (χ3n) is 7.88. The van der Waals surface area contributed by atoms with E-state index >= 15 is 0 Å². The molecule has 4 aromatic rings. The first-order valence-electron chi connectivity index (χ1n) is 14.9. The zero-order chi connectivity index (χ0) is 32.9. The summed E-state index contributed by atoms with van der Waals surface area (Å²) in [6.07, 6.45) is -2.40. The normalized spacial score (nSPS) is 18.8. The van der Waals surface area contributed by atoms with Gasteiger partial charge in [0.1, 0.15) is 16.7 Å². The molecule has 0 bridgehead atoms. The quantitative estimate of drug-likeness (QED) is 0.0816. The lowest BCUT2D eigenvalue weighted by molar-refractivity contribution is -0.178. The summed E-state index contributed by atoms with van der Waals surface area (Å²) >= 11 is 0. The van der Waals surface area contributed by atoms with Crippen molar-refractivity contribution in [2.75, 3.05) is 13.2 Å². The Balaban J connectivity index is 1.64. The van der Waals surface area contributed by atoms with Gasteiger partial charge in [-0.1, -0.05) is 90.5 Å². The maximum atomic E-state index is 14.4. The Kier molecular flexibility index (Phi) is 9.69. The molecule has 0 aromatic heterocycles. The molecular formula is C36H34O9S. The summed E-state index contributed by atoms with van der Waals surface area (Å²) in [5.74, 6) is -3.81. The van der Waals surface area contributed by atoms with Gasteiger partial charge in [-0.25, -0.2) is 0 Å². The Bertz CT molecular complexity index is 1770. The van der Waals surface area contributed by atoms with Crippen LogP contribution in [0.4, 0.5) is 0 Å². The van der Waals surface area contributed by atoms with Gasteiger partial charge in [0.2, 0.25) is 5.41 Å². The number of benzene rings is 4. The number of ether oxygens (including phenoxy) is 3. The van der Waals surface area contributed by atoms with Crippen molar-refractivity contribution in [1.29, 1.82) is 0 Å². The molecule has 0 aliphatic carbocycles. The molecule has 46 heavy (non-hydrogen) atoms. The van der Waals surface area contributed by atoms with Crippen molar-refractivity contribution >= 4 is 27.8 Å². The van der Waals surface area contributed by atoms with Gasteiger partial charge >= 0.3 is 22.1 Å². The fourth-order valence-electron chi connectivity index (χ4n) is 5.75. The molecule has 0 amide bonds. The molecular weight excluding hydrogens is 608 g/mol. The van der Waals surface area contributed by atoms with Gasteiger partial charge in [-0.2, -0.15) is 8.42 Å². The van der Waals surface area contributed by atoms with E-state index in [1.54, 1.807) is 86.6 Å². The Morgan fingerprint density at radius 1 is 0.717 bits per heavy atom. The number of esters is 2. The number of carbonyl (C=O) groups is 3. The smallest absolute Gasteiger partial charge is 0.339 e. The highest BCUT2D eigenvalue weighted by Gasteiger charge is 2.70. The van der Waals surface area contributed by atoms with Gasteiger partial charge in [-0.3, -0.25) is 14.4 Å². The highest BCUT2D eigenvalue weighted by atomic mass is 32.2. The molecule has 10 heteroatoms. The maximum Gasteiger partial charge on any atom is 0.339 e. The second kappa shape index (κ2) is 13.7. The van der Waals surface area contributed by atoms with Crippen molar-refractivity contribution in [2.45, 2.75) is 37.9 Å². The highest BCUT2D eigenvalue weighted by molar-refractivity contribution is 7.87. The van der Waals surface area contributed by atoms with Gasteiger partial charge in [0.15, 0.2) is 5.78 Å². The molecule has 0 N–H and O–H groups in total. The molecule has 238 valence electrons. The topological polar surface area (TPSA) is 122 Å². The summed E-state index contributed by atoms with van der Waals surface area (Å²) in [6.45, 7) is 4.90. The summed E-state index contributed by atoms with van der Waals surface area (Å²) < 4.78 is 48.8. The van der Waals surface area contributed by atoms with E-state index in [9.17, 15) is 22.8 Å². The van der Waals surface area contributed by atoms with Gasteiger partial charge in [0.25, 0.3) is 0 Å². The van der Waals surface area contributed by atoms with Crippen LogP contribution in [0.3, 0.4) is 0 Å². The third-order valence-corrected chi connectivity index (χ3v) is 9.14. The summed E-state index contributed by atoms with van der Waals surface area (Å²) in [5.41, 5.74) is -0.201. The predicted molar refractivity (Wildman–Crippen MR) is 168 cm³/mol. The van der Waals surface area contributed by atoms with Crippen molar-refractivity contribution < 1.29 is 41.2 Å². The van der Waals surface area contributed by atoms with Crippen LogP contribution in [-0.4, -0.2) is 39.4 Å². The minimum atomic E-state index is -4.15. The molecule has 4 aromatic carbocycles. The number of hydrogen-bond donors (Lipinski definition) is 0.